The van der Waals surface area contributed by atoms with E-state index in [4.69, 9.17) is 9.97 Å². The molecule has 12 rings (SSSR count). The molecule has 0 saturated carbocycles. The Kier molecular flexibility index (Phi) is 7.40. The SMILES string of the molecule is c1ccc(-c2cccc(-c3nc(-n4c5ccccc5c5c6ccc(-c7ccc(-c8ccc9sc%10ccccc%10c9c8)cc7)cc6ccc54)nc4ccccc34)c2)cc1. The van der Waals surface area contributed by atoms with E-state index in [0.717, 1.165) is 38.8 Å². The zero-order valence-electron chi connectivity index (χ0n) is 31.3. The fraction of sp³-hybridized carbons (Fsp3) is 0. The van der Waals surface area contributed by atoms with Crippen molar-refractivity contribution >= 4 is 75.0 Å². The highest BCUT2D eigenvalue weighted by atomic mass is 32.1. The first-order valence-corrected chi connectivity index (χ1v) is 20.5. The molecule has 0 unspecified atom stereocenters. The van der Waals surface area contributed by atoms with Crippen molar-refractivity contribution in [3.05, 3.63) is 200 Å². The summed E-state index contributed by atoms with van der Waals surface area (Å²) < 4.78 is 4.90. The Balaban J connectivity index is 0.962. The second-order valence-corrected chi connectivity index (χ2v) is 16.1. The molecule has 0 aliphatic carbocycles. The fourth-order valence-electron chi connectivity index (χ4n) is 8.81. The van der Waals surface area contributed by atoms with E-state index in [2.05, 4.69) is 205 Å². The standard InChI is InChI=1S/C54H33N3S/c1-2-11-34(12-3-1)37-13-10-14-41(32-37)53-44-16-4-7-18-47(44)55-54(56-53)57-48-19-8-5-17-45(48)52-42-28-25-38(31-40(42)26-29-49(52)57)35-21-23-36(24-22-35)39-27-30-51-46(33-39)43-15-6-9-20-50(43)58-51/h1-33H. The van der Waals surface area contributed by atoms with Gasteiger partial charge in [-0.25, -0.2) is 9.97 Å². The number of aromatic nitrogens is 3. The van der Waals surface area contributed by atoms with Crippen molar-refractivity contribution in [2.45, 2.75) is 0 Å². The first-order valence-electron chi connectivity index (χ1n) is 19.6. The lowest BCUT2D eigenvalue weighted by atomic mass is 9.96. The number of para-hydroxylation sites is 2. The average molecular weight is 756 g/mol. The highest BCUT2D eigenvalue weighted by Crippen LogP contribution is 2.40. The van der Waals surface area contributed by atoms with E-state index in [1.165, 1.54) is 69.5 Å². The number of fused-ring (bicyclic) bond motifs is 9. The average Bonchev–Trinajstić information content (AvgIpc) is 3.84. The Morgan fingerprint density at radius 3 is 1.83 bits per heavy atom. The molecule has 4 heteroatoms. The monoisotopic (exact) mass is 755 g/mol. The van der Waals surface area contributed by atoms with Gasteiger partial charge in [0.1, 0.15) is 0 Å². The third kappa shape index (κ3) is 5.27. The van der Waals surface area contributed by atoms with Gasteiger partial charge in [-0.2, -0.15) is 0 Å². The van der Waals surface area contributed by atoms with Crippen LogP contribution in [0.1, 0.15) is 0 Å². The molecular weight excluding hydrogens is 723 g/mol. The molecule has 270 valence electrons. The molecule has 3 aromatic heterocycles. The molecule has 0 spiro atoms. The summed E-state index contributed by atoms with van der Waals surface area (Å²) in [5, 5.41) is 8.47. The molecule has 0 bridgehead atoms. The van der Waals surface area contributed by atoms with Gasteiger partial charge in [0, 0.05) is 41.9 Å². The van der Waals surface area contributed by atoms with Gasteiger partial charge in [-0.3, -0.25) is 4.57 Å². The van der Waals surface area contributed by atoms with E-state index in [1.54, 1.807) is 0 Å². The summed E-state index contributed by atoms with van der Waals surface area (Å²) in [5.41, 5.74) is 12.2. The third-order valence-electron chi connectivity index (χ3n) is 11.6. The maximum Gasteiger partial charge on any atom is 0.235 e. The van der Waals surface area contributed by atoms with Crippen LogP contribution in [0.2, 0.25) is 0 Å². The predicted octanol–water partition coefficient (Wildman–Crippen LogP) is 14.9. The second-order valence-electron chi connectivity index (χ2n) is 15.0. The zero-order chi connectivity index (χ0) is 38.2. The minimum Gasteiger partial charge on any atom is -0.278 e. The lowest BCUT2D eigenvalue weighted by molar-refractivity contribution is 1.01. The number of hydrogen-bond donors (Lipinski definition) is 0. The fourth-order valence-corrected chi connectivity index (χ4v) is 9.90. The maximum atomic E-state index is 5.39. The minimum absolute atomic E-state index is 0.660. The molecule has 3 heterocycles. The molecule has 0 fully saturated rings. The van der Waals surface area contributed by atoms with Crippen molar-refractivity contribution in [2.24, 2.45) is 0 Å². The van der Waals surface area contributed by atoms with Gasteiger partial charge < -0.3 is 0 Å². The summed E-state index contributed by atoms with van der Waals surface area (Å²) >= 11 is 1.86. The first kappa shape index (κ1) is 32.8. The summed E-state index contributed by atoms with van der Waals surface area (Å²) in [6.07, 6.45) is 0. The van der Waals surface area contributed by atoms with Crippen LogP contribution in [0, 0.1) is 0 Å². The Morgan fingerprint density at radius 2 is 0.966 bits per heavy atom. The van der Waals surface area contributed by atoms with Crippen LogP contribution in [-0.2, 0) is 0 Å². The quantitative estimate of drug-likeness (QED) is 0.175. The molecule has 58 heavy (non-hydrogen) atoms. The van der Waals surface area contributed by atoms with Gasteiger partial charge in [-0.05, 0) is 92.7 Å². The Morgan fingerprint density at radius 1 is 0.345 bits per heavy atom. The number of rotatable bonds is 5. The Bertz CT molecular complexity index is 3560. The molecule has 0 aliphatic rings. The van der Waals surface area contributed by atoms with Crippen molar-refractivity contribution in [1.82, 2.24) is 14.5 Å². The van der Waals surface area contributed by atoms with Gasteiger partial charge in [0.2, 0.25) is 5.95 Å². The lowest BCUT2D eigenvalue weighted by Crippen LogP contribution is -2.03. The highest BCUT2D eigenvalue weighted by Gasteiger charge is 2.19. The van der Waals surface area contributed by atoms with Crippen molar-refractivity contribution < 1.29 is 0 Å². The molecule has 0 amide bonds. The second kappa shape index (κ2) is 13.1. The van der Waals surface area contributed by atoms with Crippen LogP contribution in [-0.4, -0.2) is 14.5 Å². The van der Waals surface area contributed by atoms with Gasteiger partial charge in [-0.15, -0.1) is 11.3 Å². The molecule has 12 aromatic rings. The van der Waals surface area contributed by atoms with Crippen LogP contribution in [0.4, 0.5) is 0 Å². The number of benzene rings is 9. The van der Waals surface area contributed by atoms with E-state index in [-0.39, 0.29) is 0 Å². The van der Waals surface area contributed by atoms with Gasteiger partial charge >= 0.3 is 0 Å². The summed E-state index contributed by atoms with van der Waals surface area (Å²) in [7, 11) is 0. The highest BCUT2D eigenvalue weighted by molar-refractivity contribution is 7.25. The molecule has 0 aliphatic heterocycles. The van der Waals surface area contributed by atoms with Crippen LogP contribution in [0.5, 0.6) is 0 Å². The van der Waals surface area contributed by atoms with Crippen LogP contribution in [0.15, 0.2) is 200 Å². The summed E-state index contributed by atoms with van der Waals surface area (Å²) in [5.74, 6) is 0.660. The summed E-state index contributed by atoms with van der Waals surface area (Å²) in [4.78, 5) is 10.6. The van der Waals surface area contributed by atoms with Crippen molar-refractivity contribution in [3.63, 3.8) is 0 Å². The van der Waals surface area contributed by atoms with E-state index < -0.39 is 0 Å². The molecular formula is C54H33N3S. The Labute approximate surface area is 338 Å². The van der Waals surface area contributed by atoms with Crippen LogP contribution in [0.25, 0.3) is 114 Å². The van der Waals surface area contributed by atoms with E-state index in [1.807, 2.05) is 11.3 Å². The zero-order valence-corrected chi connectivity index (χ0v) is 32.1. The number of hydrogen-bond acceptors (Lipinski definition) is 3. The van der Waals surface area contributed by atoms with E-state index in [9.17, 15) is 0 Å². The van der Waals surface area contributed by atoms with E-state index in [0.29, 0.717) is 5.95 Å². The molecule has 9 aromatic carbocycles. The smallest absolute Gasteiger partial charge is 0.235 e. The van der Waals surface area contributed by atoms with Crippen LogP contribution >= 0.6 is 11.3 Å². The summed E-state index contributed by atoms with van der Waals surface area (Å²) in [6.45, 7) is 0. The normalized spacial score (nSPS) is 11.8. The van der Waals surface area contributed by atoms with Crippen LogP contribution in [0.3, 0.4) is 0 Å². The van der Waals surface area contributed by atoms with Crippen LogP contribution < -0.4 is 0 Å². The minimum atomic E-state index is 0.660. The predicted molar refractivity (Wildman–Crippen MR) is 246 cm³/mol. The topological polar surface area (TPSA) is 30.7 Å². The van der Waals surface area contributed by atoms with Crippen molar-refractivity contribution in [2.75, 3.05) is 0 Å². The van der Waals surface area contributed by atoms with Crippen molar-refractivity contribution in [1.29, 1.82) is 0 Å². The molecule has 0 N–H and O–H groups in total. The summed E-state index contributed by atoms with van der Waals surface area (Å²) in [6, 6.07) is 72.1. The Hall–Kier alpha value is -7.40. The van der Waals surface area contributed by atoms with E-state index >= 15 is 0 Å². The van der Waals surface area contributed by atoms with Gasteiger partial charge in [0.25, 0.3) is 0 Å². The third-order valence-corrected chi connectivity index (χ3v) is 12.8. The lowest BCUT2D eigenvalue weighted by Gasteiger charge is -2.13. The van der Waals surface area contributed by atoms with Gasteiger partial charge in [0.15, 0.2) is 0 Å². The molecule has 3 nitrogen and oxygen atoms in total. The largest absolute Gasteiger partial charge is 0.278 e. The first-order chi connectivity index (χ1) is 28.7. The van der Waals surface area contributed by atoms with Gasteiger partial charge in [0.05, 0.1) is 22.2 Å². The van der Waals surface area contributed by atoms with Gasteiger partial charge in [-0.1, -0.05) is 152 Å². The number of nitrogens with zero attached hydrogens (tertiary/aromatic N) is 3. The molecule has 0 atom stereocenters. The molecule has 0 saturated heterocycles. The molecule has 0 radical (unpaired) electrons. The maximum absolute atomic E-state index is 5.39. The number of thiophene rings is 1. The van der Waals surface area contributed by atoms with Crippen molar-refractivity contribution in [3.8, 4) is 50.6 Å².